The molecule has 0 aromatic heterocycles. The number of esters is 1. The van der Waals surface area contributed by atoms with Crippen molar-refractivity contribution < 1.29 is 14.3 Å². The van der Waals surface area contributed by atoms with Crippen LogP contribution in [0.2, 0.25) is 0 Å². The minimum atomic E-state index is -0.424. The summed E-state index contributed by atoms with van der Waals surface area (Å²) in [5.41, 5.74) is 1.91. The molecule has 1 aliphatic carbocycles. The molecule has 1 aliphatic rings. The number of amides is 1. The van der Waals surface area contributed by atoms with Crippen molar-refractivity contribution >= 4 is 17.6 Å². The highest BCUT2D eigenvalue weighted by Crippen LogP contribution is 2.27. The molecule has 1 amide bonds. The second-order valence-corrected chi connectivity index (χ2v) is 5.80. The molecule has 1 fully saturated rings. The third-order valence-corrected chi connectivity index (χ3v) is 4.05. The molecular formula is C17H23NO3. The monoisotopic (exact) mass is 289 g/mol. The number of anilines is 1. The Hall–Kier alpha value is -1.84. The van der Waals surface area contributed by atoms with E-state index in [1.54, 1.807) is 12.1 Å². The molecule has 1 saturated carbocycles. The van der Waals surface area contributed by atoms with Crippen molar-refractivity contribution in [2.45, 2.75) is 45.4 Å². The molecule has 2 rings (SSSR count). The normalized spacial score (nSPS) is 15.5. The van der Waals surface area contributed by atoms with Gasteiger partial charge < -0.3 is 10.1 Å². The fourth-order valence-electron chi connectivity index (χ4n) is 2.90. The molecule has 1 aromatic rings. The lowest BCUT2D eigenvalue weighted by atomic mass is 9.87. The van der Waals surface area contributed by atoms with Crippen LogP contribution in [0.4, 0.5) is 5.69 Å². The van der Waals surface area contributed by atoms with Gasteiger partial charge in [0.15, 0.2) is 0 Å². The molecule has 114 valence electrons. The lowest BCUT2D eigenvalue weighted by Crippen LogP contribution is -2.20. The molecule has 0 heterocycles. The third kappa shape index (κ3) is 4.31. The largest absolute Gasteiger partial charge is 0.465 e. The number of rotatable bonds is 4. The molecule has 0 unspecified atom stereocenters. The van der Waals surface area contributed by atoms with E-state index in [1.807, 2.05) is 13.0 Å². The zero-order valence-electron chi connectivity index (χ0n) is 12.8. The summed E-state index contributed by atoms with van der Waals surface area (Å²) in [4.78, 5) is 23.9. The number of nitrogens with one attached hydrogen (secondary N) is 1. The first-order chi connectivity index (χ1) is 10.1. The van der Waals surface area contributed by atoms with Crippen molar-refractivity contribution in [1.29, 1.82) is 0 Å². The van der Waals surface area contributed by atoms with Gasteiger partial charge in [-0.1, -0.05) is 30.9 Å². The molecule has 0 aliphatic heterocycles. The third-order valence-electron chi connectivity index (χ3n) is 4.05. The summed E-state index contributed by atoms with van der Waals surface area (Å²) in [6.07, 6.45) is 6.51. The zero-order valence-corrected chi connectivity index (χ0v) is 12.8. The van der Waals surface area contributed by atoms with Gasteiger partial charge in [-0.2, -0.15) is 0 Å². The van der Waals surface area contributed by atoms with Crippen LogP contribution in [0.15, 0.2) is 18.2 Å². The first kappa shape index (κ1) is 15.5. The lowest BCUT2D eigenvalue weighted by molar-refractivity contribution is -0.117. The summed E-state index contributed by atoms with van der Waals surface area (Å²) in [6, 6.07) is 5.38. The average molecular weight is 289 g/mol. The van der Waals surface area contributed by atoms with E-state index in [-0.39, 0.29) is 5.91 Å². The highest BCUT2D eigenvalue weighted by Gasteiger charge is 2.19. The number of hydrogen-bond donors (Lipinski definition) is 1. The Morgan fingerprint density at radius 1 is 1.24 bits per heavy atom. The number of benzene rings is 1. The van der Waals surface area contributed by atoms with Gasteiger partial charge in [0, 0.05) is 6.42 Å². The topological polar surface area (TPSA) is 55.4 Å². The Kier molecular flexibility index (Phi) is 5.37. The lowest BCUT2D eigenvalue weighted by Gasteiger charge is -2.21. The van der Waals surface area contributed by atoms with E-state index < -0.39 is 5.97 Å². The van der Waals surface area contributed by atoms with Gasteiger partial charge in [-0.15, -0.1) is 0 Å². The van der Waals surface area contributed by atoms with Gasteiger partial charge in [-0.25, -0.2) is 4.79 Å². The number of hydrogen-bond acceptors (Lipinski definition) is 3. The van der Waals surface area contributed by atoms with Crippen LogP contribution in [0.25, 0.3) is 0 Å². The summed E-state index contributed by atoms with van der Waals surface area (Å²) in [6.45, 7) is 1.90. The smallest absolute Gasteiger partial charge is 0.339 e. The first-order valence-corrected chi connectivity index (χ1v) is 7.59. The Balaban J connectivity index is 2.04. The summed E-state index contributed by atoms with van der Waals surface area (Å²) in [5.74, 6) is 0.0355. The van der Waals surface area contributed by atoms with Crippen LogP contribution in [-0.2, 0) is 9.53 Å². The van der Waals surface area contributed by atoms with Crippen LogP contribution in [0.1, 0.15) is 54.4 Å². The van der Waals surface area contributed by atoms with E-state index >= 15 is 0 Å². The van der Waals surface area contributed by atoms with Gasteiger partial charge in [0.2, 0.25) is 5.91 Å². The van der Waals surface area contributed by atoms with Crippen molar-refractivity contribution in [3.8, 4) is 0 Å². The van der Waals surface area contributed by atoms with Gasteiger partial charge in [0.25, 0.3) is 0 Å². The van der Waals surface area contributed by atoms with E-state index in [0.717, 1.165) is 18.4 Å². The summed E-state index contributed by atoms with van der Waals surface area (Å²) < 4.78 is 4.77. The fraction of sp³-hybridized carbons (Fsp3) is 0.529. The molecule has 0 spiro atoms. The van der Waals surface area contributed by atoms with E-state index in [9.17, 15) is 9.59 Å². The zero-order chi connectivity index (χ0) is 15.2. The van der Waals surface area contributed by atoms with E-state index in [2.05, 4.69) is 5.32 Å². The van der Waals surface area contributed by atoms with Crippen LogP contribution in [0.3, 0.4) is 0 Å². The van der Waals surface area contributed by atoms with Crippen LogP contribution >= 0.6 is 0 Å². The molecule has 21 heavy (non-hydrogen) atoms. The standard InChI is InChI=1S/C17H23NO3/c1-12-8-9-15(14(10-12)17(20)21-2)18-16(19)11-13-6-4-3-5-7-13/h8-10,13H,3-7,11H2,1-2H3,(H,18,19). The number of ether oxygens (including phenoxy) is 1. The maximum atomic E-state index is 12.2. The van der Waals surface area contributed by atoms with Gasteiger partial charge >= 0.3 is 5.97 Å². The van der Waals surface area contributed by atoms with Crippen molar-refractivity contribution in [3.63, 3.8) is 0 Å². The van der Waals surface area contributed by atoms with Gasteiger partial charge in [0.1, 0.15) is 0 Å². The maximum Gasteiger partial charge on any atom is 0.339 e. The second kappa shape index (κ2) is 7.25. The van der Waals surface area contributed by atoms with Crippen molar-refractivity contribution in [2.24, 2.45) is 5.92 Å². The van der Waals surface area contributed by atoms with Gasteiger partial charge in [0.05, 0.1) is 18.4 Å². The molecule has 1 N–H and O–H groups in total. The number of carbonyl (C=O) groups is 2. The Bertz CT molecular complexity index is 519. The summed E-state index contributed by atoms with van der Waals surface area (Å²) in [5, 5.41) is 2.86. The van der Waals surface area contributed by atoms with Crippen molar-refractivity contribution in [3.05, 3.63) is 29.3 Å². The minimum absolute atomic E-state index is 0.0177. The minimum Gasteiger partial charge on any atom is -0.465 e. The molecule has 0 atom stereocenters. The highest BCUT2D eigenvalue weighted by molar-refractivity contribution is 6.01. The predicted molar refractivity (Wildman–Crippen MR) is 82.3 cm³/mol. The van der Waals surface area contributed by atoms with Crippen LogP contribution in [0.5, 0.6) is 0 Å². The van der Waals surface area contributed by atoms with Gasteiger partial charge in [-0.3, -0.25) is 4.79 Å². The Morgan fingerprint density at radius 2 is 1.95 bits per heavy atom. The number of carbonyl (C=O) groups excluding carboxylic acids is 2. The van der Waals surface area contributed by atoms with Gasteiger partial charge in [-0.05, 0) is 37.8 Å². The number of methoxy groups -OCH3 is 1. The summed E-state index contributed by atoms with van der Waals surface area (Å²) in [7, 11) is 1.35. The van der Waals surface area contributed by atoms with Crippen LogP contribution in [-0.4, -0.2) is 19.0 Å². The molecule has 1 aromatic carbocycles. The molecular weight excluding hydrogens is 266 g/mol. The molecule has 0 saturated heterocycles. The summed E-state index contributed by atoms with van der Waals surface area (Å²) >= 11 is 0. The SMILES string of the molecule is COC(=O)c1cc(C)ccc1NC(=O)CC1CCCCC1. The van der Waals surface area contributed by atoms with Crippen molar-refractivity contribution in [1.82, 2.24) is 0 Å². The first-order valence-electron chi connectivity index (χ1n) is 7.59. The van der Waals surface area contributed by atoms with Crippen LogP contribution in [0, 0.1) is 12.8 Å². The number of aryl methyl sites for hydroxylation is 1. The van der Waals surface area contributed by atoms with Crippen LogP contribution < -0.4 is 5.32 Å². The van der Waals surface area contributed by atoms with E-state index in [4.69, 9.17) is 4.74 Å². The van der Waals surface area contributed by atoms with E-state index in [1.165, 1.54) is 26.4 Å². The highest BCUT2D eigenvalue weighted by atomic mass is 16.5. The molecule has 4 nitrogen and oxygen atoms in total. The Morgan fingerprint density at radius 3 is 2.62 bits per heavy atom. The van der Waals surface area contributed by atoms with E-state index in [0.29, 0.717) is 23.6 Å². The molecule has 0 radical (unpaired) electrons. The van der Waals surface area contributed by atoms with Crippen molar-refractivity contribution in [2.75, 3.05) is 12.4 Å². The average Bonchev–Trinajstić information content (AvgIpc) is 2.49. The quantitative estimate of drug-likeness (QED) is 0.860. The fourth-order valence-corrected chi connectivity index (χ4v) is 2.90. The predicted octanol–water partition coefficient (Wildman–Crippen LogP) is 3.69. The molecule has 0 bridgehead atoms. The maximum absolute atomic E-state index is 12.2. The molecule has 4 heteroatoms. The second-order valence-electron chi connectivity index (χ2n) is 5.80. The Labute approximate surface area is 125 Å².